The van der Waals surface area contributed by atoms with E-state index in [9.17, 15) is 9.59 Å². The van der Waals surface area contributed by atoms with Gasteiger partial charge in [0, 0.05) is 12.6 Å². The van der Waals surface area contributed by atoms with Crippen LogP contribution in [0.15, 0.2) is 36.4 Å². The van der Waals surface area contributed by atoms with Crippen molar-refractivity contribution in [3.63, 3.8) is 0 Å². The predicted molar refractivity (Wildman–Crippen MR) is 103 cm³/mol. The second-order valence-corrected chi connectivity index (χ2v) is 6.36. The Morgan fingerprint density at radius 2 is 1.52 bits per heavy atom. The number of nitrogens with zero attached hydrogens (tertiary/aromatic N) is 1. The Balaban J connectivity index is 2.27. The van der Waals surface area contributed by atoms with E-state index < -0.39 is 0 Å². The molecule has 25 heavy (non-hydrogen) atoms. The van der Waals surface area contributed by atoms with Gasteiger partial charge in [-0.1, -0.05) is 43.3 Å². The Labute approximate surface area is 149 Å². The zero-order valence-electron chi connectivity index (χ0n) is 15.6. The summed E-state index contributed by atoms with van der Waals surface area (Å²) in [6, 6.07) is 11.8. The third-order valence-electron chi connectivity index (χ3n) is 4.40. The summed E-state index contributed by atoms with van der Waals surface area (Å²) in [6.07, 6.45) is 0.838. The van der Waals surface area contributed by atoms with E-state index in [0.29, 0.717) is 0 Å². The van der Waals surface area contributed by atoms with E-state index in [-0.39, 0.29) is 18.4 Å². The summed E-state index contributed by atoms with van der Waals surface area (Å²) in [5, 5.41) is 2.99. The zero-order valence-corrected chi connectivity index (χ0v) is 15.6. The van der Waals surface area contributed by atoms with Gasteiger partial charge in [-0.2, -0.15) is 0 Å². The van der Waals surface area contributed by atoms with Crippen LogP contribution < -0.4 is 10.2 Å². The average Bonchev–Trinajstić information content (AvgIpc) is 2.55. The summed E-state index contributed by atoms with van der Waals surface area (Å²) >= 11 is 0. The number of carbonyl (C=O) groups is 2. The summed E-state index contributed by atoms with van der Waals surface area (Å²) in [5.74, 6) is -0.338. The number of anilines is 2. The molecule has 0 radical (unpaired) electrons. The highest BCUT2D eigenvalue weighted by Gasteiger charge is 2.20. The van der Waals surface area contributed by atoms with E-state index in [1.165, 1.54) is 6.92 Å². The number of benzene rings is 2. The summed E-state index contributed by atoms with van der Waals surface area (Å²) in [4.78, 5) is 26.4. The van der Waals surface area contributed by atoms with Crippen LogP contribution in [0, 0.1) is 20.8 Å². The molecule has 0 fully saturated rings. The molecule has 0 aliphatic rings. The van der Waals surface area contributed by atoms with Crippen molar-refractivity contribution in [1.82, 2.24) is 0 Å². The fraction of sp³-hybridized carbons (Fsp3) is 0.333. The van der Waals surface area contributed by atoms with Crippen LogP contribution in [0.1, 0.15) is 36.1 Å². The lowest BCUT2D eigenvalue weighted by Gasteiger charge is -2.25. The topological polar surface area (TPSA) is 49.4 Å². The van der Waals surface area contributed by atoms with Crippen molar-refractivity contribution in [2.75, 3.05) is 16.8 Å². The van der Waals surface area contributed by atoms with Crippen LogP contribution in [0.2, 0.25) is 0 Å². The Morgan fingerprint density at radius 3 is 2.08 bits per heavy atom. The first kappa shape index (κ1) is 18.7. The number of aryl methyl sites for hydroxylation is 4. The second kappa shape index (κ2) is 7.97. The van der Waals surface area contributed by atoms with Gasteiger partial charge in [-0.3, -0.25) is 9.59 Å². The smallest absolute Gasteiger partial charge is 0.244 e. The molecule has 0 bridgehead atoms. The molecule has 0 atom stereocenters. The molecule has 0 aliphatic carbocycles. The molecule has 0 heterocycles. The SMILES string of the molecule is CCc1cccc(C)c1NC(=O)CN(C(C)=O)c1c(C)cccc1C. The Bertz CT molecular complexity index is 776. The minimum atomic E-state index is -0.193. The lowest BCUT2D eigenvalue weighted by atomic mass is 10.1. The second-order valence-electron chi connectivity index (χ2n) is 6.36. The molecule has 2 amide bonds. The highest BCUT2D eigenvalue weighted by Crippen LogP contribution is 2.25. The molecular weight excluding hydrogens is 312 g/mol. The lowest BCUT2D eigenvalue weighted by molar-refractivity contribution is -0.120. The number of hydrogen-bond donors (Lipinski definition) is 1. The Kier molecular flexibility index (Phi) is 5.97. The normalized spacial score (nSPS) is 10.4. The lowest BCUT2D eigenvalue weighted by Crippen LogP contribution is -2.37. The van der Waals surface area contributed by atoms with Crippen LogP contribution in [0.3, 0.4) is 0 Å². The van der Waals surface area contributed by atoms with Crippen molar-refractivity contribution in [2.45, 2.75) is 41.0 Å². The molecule has 0 spiro atoms. The van der Waals surface area contributed by atoms with Gasteiger partial charge in [0.1, 0.15) is 6.54 Å². The fourth-order valence-corrected chi connectivity index (χ4v) is 3.10. The molecular formula is C21H26N2O2. The van der Waals surface area contributed by atoms with Gasteiger partial charge in [-0.05, 0) is 49.4 Å². The van der Waals surface area contributed by atoms with Crippen LogP contribution in [0.25, 0.3) is 0 Å². The molecule has 132 valence electrons. The van der Waals surface area contributed by atoms with Crippen LogP contribution in [-0.4, -0.2) is 18.4 Å². The number of carbonyl (C=O) groups excluding carboxylic acids is 2. The summed E-state index contributed by atoms with van der Waals surface area (Å²) in [7, 11) is 0. The van der Waals surface area contributed by atoms with Gasteiger partial charge in [0.15, 0.2) is 0 Å². The first-order chi connectivity index (χ1) is 11.8. The minimum Gasteiger partial charge on any atom is -0.324 e. The number of amides is 2. The van der Waals surface area contributed by atoms with E-state index in [1.54, 1.807) is 4.90 Å². The predicted octanol–water partition coefficient (Wildman–Crippen LogP) is 4.17. The van der Waals surface area contributed by atoms with Gasteiger partial charge >= 0.3 is 0 Å². The van der Waals surface area contributed by atoms with Crippen molar-refractivity contribution < 1.29 is 9.59 Å². The molecule has 0 aromatic heterocycles. The van der Waals surface area contributed by atoms with Gasteiger partial charge in [-0.25, -0.2) is 0 Å². The zero-order chi connectivity index (χ0) is 18.6. The largest absolute Gasteiger partial charge is 0.324 e. The van der Waals surface area contributed by atoms with Crippen molar-refractivity contribution in [1.29, 1.82) is 0 Å². The average molecular weight is 338 g/mol. The van der Waals surface area contributed by atoms with Gasteiger partial charge in [0.2, 0.25) is 11.8 Å². The van der Waals surface area contributed by atoms with E-state index in [1.807, 2.05) is 57.2 Å². The van der Waals surface area contributed by atoms with E-state index in [2.05, 4.69) is 12.2 Å². The first-order valence-corrected chi connectivity index (χ1v) is 8.57. The van der Waals surface area contributed by atoms with Crippen LogP contribution in [0.4, 0.5) is 11.4 Å². The molecule has 4 nitrogen and oxygen atoms in total. The van der Waals surface area contributed by atoms with E-state index >= 15 is 0 Å². The Morgan fingerprint density at radius 1 is 0.960 bits per heavy atom. The van der Waals surface area contributed by atoms with E-state index in [4.69, 9.17) is 0 Å². The van der Waals surface area contributed by atoms with Gasteiger partial charge in [-0.15, -0.1) is 0 Å². The molecule has 0 unspecified atom stereocenters. The van der Waals surface area contributed by atoms with E-state index in [0.717, 1.165) is 40.0 Å². The molecule has 4 heteroatoms. The van der Waals surface area contributed by atoms with Crippen molar-refractivity contribution in [3.8, 4) is 0 Å². The van der Waals surface area contributed by atoms with Crippen molar-refractivity contribution in [2.24, 2.45) is 0 Å². The molecule has 2 rings (SSSR count). The standard InChI is InChI=1S/C21H26N2O2/c1-6-18-12-8-9-14(2)20(18)22-19(25)13-23(17(5)24)21-15(3)10-7-11-16(21)4/h7-12H,6,13H2,1-5H3,(H,22,25). The van der Waals surface area contributed by atoms with Crippen LogP contribution in [-0.2, 0) is 16.0 Å². The number of para-hydroxylation sites is 2. The maximum atomic E-state index is 12.6. The Hall–Kier alpha value is -2.62. The molecule has 2 aromatic carbocycles. The van der Waals surface area contributed by atoms with Crippen LogP contribution >= 0.6 is 0 Å². The number of hydrogen-bond acceptors (Lipinski definition) is 2. The molecule has 0 aliphatic heterocycles. The third-order valence-corrected chi connectivity index (χ3v) is 4.40. The van der Waals surface area contributed by atoms with Gasteiger partial charge in [0.05, 0.1) is 5.69 Å². The quantitative estimate of drug-likeness (QED) is 0.889. The third kappa shape index (κ3) is 4.27. The first-order valence-electron chi connectivity index (χ1n) is 8.57. The summed E-state index contributed by atoms with van der Waals surface area (Å²) in [5.41, 5.74) is 5.73. The highest BCUT2D eigenvalue weighted by atomic mass is 16.2. The molecule has 0 saturated carbocycles. The monoisotopic (exact) mass is 338 g/mol. The molecule has 0 saturated heterocycles. The molecule has 1 N–H and O–H groups in total. The molecule has 2 aromatic rings. The maximum Gasteiger partial charge on any atom is 0.244 e. The van der Waals surface area contributed by atoms with Crippen molar-refractivity contribution in [3.05, 3.63) is 58.7 Å². The van der Waals surface area contributed by atoms with Crippen molar-refractivity contribution >= 4 is 23.2 Å². The summed E-state index contributed by atoms with van der Waals surface area (Å²) < 4.78 is 0. The van der Waals surface area contributed by atoms with Gasteiger partial charge in [0.25, 0.3) is 0 Å². The minimum absolute atomic E-state index is 0.00147. The van der Waals surface area contributed by atoms with Gasteiger partial charge < -0.3 is 10.2 Å². The number of rotatable bonds is 5. The maximum absolute atomic E-state index is 12.6. The van der Waals surface area contributed by atoms with Crippen LogP contribution in [0.5, 0.6) is 0 Å². The highest BCUT2D eigenvalue weighted by molar-refractivity contribution is 6.03. The summed E-state index contributed by atoms with van der Waals surface area (Å²) in [6.45, 7) is 9.42. The fourth-order valence-electron chi connectivity index (χ4n) is 3.10. The number of nitrogens with one attached hydrogen (secondary N) is 1.